The van der Waals surface area contributed by atoms with Crippen LogP contribution in [0.4, 0.5) is 11.4 Å². The Morgan fingerprint density at radius 1 is 1.36 bits per heavy atom. The van der Waals surface area contributed by atoms with Crippen LogP contribution in [0.2, 0.25) is 0 Å². The molecule has 14 heavy (non-hydrogen) atoms. The van der Waals surface area contributed by atoms with E-state index in [4.69, 9.17) is 10.5 Å². The first-order valence-corrected chi connectivity index (χ1v) is 4.81. The molecule has 1 aliphatic rings. The Labute approximate surface area is 92.2 Å². The maximum atomic E-state index is 5.27. The van der Waals surface area contributed by atoms with Gasteiger partial charge < -0.3 is 21.1 Å². The molecule has 1 aromatic rings. The Morgan fingerprint density at radius 3 is 2.29 bits per heavy atom. The van der Waals surface area contributed by atoms with E-state index in [1.807, 2.05) is 24.3 Å². The van der Waals surface area contributed by atoms with Gasteiger partial charge in [-0.25, -0.2) is 0 Å². The van der Waals surface area contributed by atoms with Crippen molar-refractivity contribution < 1.29 is 4.74 Å². The zero-order chi connectivity index (χ0) is 10.2. The summed E-state index contributed by atoms with van der Waals surface area (Å²) < 4.78 is 5.13. The van der Waals surface area contributed by atoms with Gasteiger partial charge in [0.15, 0.2) is 0 Å². The third-order valence-corrected chi connectivity index (χ3v) is 2.18. The van der Waals surface area contributed by atoms with Gasteiger partial charge in [-0.15, -0.1) is 0 Å². The topological polar surface area (TPSA) is 59.3 Å². The molecule has 0 bridgehead atoms. The largest absolute Gasteiger partial charge is 0.416 e. The minimum Gasteiger partial charge on any atom is -0.416 e. The molecular weight excluding hydrogens is 218 g/mol. The Balaban J connectivity index is 2.21. The van der Waals surface area contributed by atoms with Gasteiger partial charge in [-0.05, 0) is 24.4 Å². The van der Waals surface area contributed by atoms with E-state index in [1.54, 1.807) is 0 Å². The molecule has 0 amide bonds. The van der Waals surface area contributed by atoms with Crippen LogP contribution in [0.5, 0.6) is 0 Å². The van der Waals surface area contributed by atoms with Crippen molar-refractivity contribution in [3.8, 4) is 0 Å². The molecular formula is C8H9N3OS2. The molecule has 2 rings (SSSR count). The number of benzene rings is 1. The standard InChI is InChI=1S/C8H9N3OS2/c9-7(13)12-8(14)10-5-3-1-2-4-6(5)11-8/h1-4,10-11,14H,(H2,9,13). The molecule has 0 fully saturated rings. The Kier molecular flexibility index (Phi) is 2.16. The highest BCUT2D eigenvalue weighted by Crippen LogP contribution is 2.35. The van der Waals surface area contributed by atoms with E-state index in [-0.39, 0.29) is 5.17 Å². The van der Waals surface area contributed by atoms with E-state index in [0.29, 0.717) is 0 Å². The second-order valence-electron chi connectivity index (χ2n) is 2.86. The first-order chi connectivity index (χ1) is 6.59. The van der Waals surface area contributed by atoms with Crippen molar-refractivity contribution >= 4 is 41.4 Å². The second-order valence-corrected chi connectivity index (χ2v) is 3.89. The Hall–Kier alpha value is -1.14. The monoisotopic (exact) mass is 227 g/mol. The van der Waals surface area contributed by atoms with Crippen molar-refractivity contribution in [2.75, 3.05) is 10.6 Å². The van der Waals surface area contributed by atoms with Gasteiger partial charge in [-0.2, -0.15) is 0 Å². The summed E-state index contributed by atoms with van der Waals surface area (Å²) >= 11 is 8.89. The van der Waals surface area contributed by atoms with Crippen LogP contribution in [0, 0.1) is 0 Å². The van der Waals surface area contributed by atoms with Gasteiger partial charge >= 0.3 is 5.18 Å². The van der Waals surface area contributed by atoms with Crippen LogP contribution < -0.4 is 16.4 Å². The molecule has 1 aliphatic heterocycles. The van der Waals surface area contributed by atoms with E-state index in [2.05, 4.69) is 35.5 Å². The summed E-state index contributed by atoms with van der Waals surface area (Å²) in [7, 11) is 0. The van der Waals surface area contributed by atoms with Gasteiger partial charge in [0.2, 0.25) is 0 Å². The Bertz CT molecular complexity index is 358. The number of fused-ring (bicyclic) bond motifs is 1. The summed E-state index contributed by atoms with van der Waals surface area (Å²) in [5.74, 6) is 0. The first kappa shape index (κ1) is 9.42. The average molecular weight is 227 g/mol. The number of hydrogen-bond donors (Lipinski definition) is 4. The SMILES string of the molecule is NC(=S)OC1(S)Nc2ccccc2N1. The van der Waals surface area contributed by atoms with Crippen molar-refractivity contribution in [3.05, 3.63) is 24.3 Å². The molecule has 4 N–H and O–H groups in total. The third-order valence-electron chi connectivity index (χ3n) is 1.78. The fourth-order valence-corrected chi connectivity index (χ4v) is 1.82. The van der Waals surface area contributed by atoms with Crippen LogP contribution in [0.3, 0.4) is 0 Å². The number of anilines is 2. The van der Waals surface area contributed by atoms with Crippen LogP contribution in [0.1, 0.15) is 0 Å². The second kappa shape index (κ2) is 3.21. The predicted octanol–water partition coefficient (Wildman–Crippen LogP) is 1.33. The normalized spacial score (nSPS) is 16.4. The minimum atomic E-state index is -1.05. The molecule has 0 unspecified atom stereocenters. The Morgan fingerprint density at radius 2 is 1.86 bits per heavy atom. The van der Waals surface area contributed by atoms with Crippen LogP contribution in [0.15, 0.2) is 24.3 Å². The number of hydrogen-bond acceptors (Lipinski definition) is 5. The van der Waals surface area contributed by atoms with E-state index in [1.165, 1.54) is 0 Å². The summed E-state index contributed by atoms with van der Waals surface area (Å²) in [5.41, 5.74) is 7.08. The van der Waals surface area contributed by atoms with Gasteiger partial charge in [0.25, 0.3) is 5.17 Å². The van der Waals surface area contributed by atoms with Gasteiger partial charge in [-0.1, -0.05) is 24.8 Å². The van der Waals surface area contributed by atoms with Crippen LogP contribution >= 0.6 is 24.8 Å². The number of thiol groups is 1. The average Bonchev–Trinajstić information content (AvgIpc) is 2.38. The fourth-order valence-electron chi connectivity index (χ4n) is 1.29. The highest BCUT2D eigenvalue weighted by Gasteiger charge is 2.34. The van der Waals surface area contributed by atoms with Crippen LogP contribution in [-0.4, -0.2) is 10.4 Å². The minimum absolute atomic E-state index is 0.0622. The lowest BCUT2D eigenvalue weighted by Crippen LogP contribution is -2.42. The molecule has 0 saturated heterocycles. The van der Waals surface area contributed by atoms with Gasteiger partial charge in [-0.3, -0.25) is 0 Å². The number of thiocarbonyl (C=S) groups is 1. The lowest BCUT2D eigenvalue weighted by Gasteiger charge is -2.24. The van der Waals surface area contributed by atoms with Gasteiger partial charge in [0, 0.05) is 0 Å². The zero-order valence-electron chi connectivity index (χ0n) is 7.15. The number of para-hydroxylation sites is 2. The number of nitrogens with one attached hydrogen (secondary N) is 2. The maximum Gasteiger partial charge on any atom is 0.310 e. The zero-order valence-corrected chi connectivity index (χ0v) is 8.86. The van der Waals surface area contributed by atoms with Crippen molar-refractivity contribution in [2.45, 2.75) is 5.18 Å². The van der Waals surface area contributed by atoms with Crippen LogP contribution in [-0.2, 0) is 4.74 Å². The lowest BCUT2D eigenvalue weighted by atomic mass is 10.3. The van der Waals surface area contributed by atoms with Crippen molar-refractivity contribution in [1.29, 1.82) is 0 Å². The van der Waals surface area contributed by atoms with Crippen molar-refractivity contribution in [3.63, 3.8) is 0 Å². The summed E-state index contributed by atoms with van der Waals surface area (Å²) in [5, 5.41) is 4.90. The molecule has 0 aliphatic carbocycles. The molecule has 4 nitrogen and oxygen atoms in total. The number of ether oxygens (including phenoxy) is 1. The maximum absolute atomic E-state index is 5.27. The highest BCUT2D eigenvalue weighted by molar-refractivity contribution is 7.82. The molecule has 1 aromatic carbocycles. The quantitative estimate of drug-likeness (QED) is 0.331. The molecule has 0 saturated carbocycles. The van der Waals surface area contributed by atoms with Crippen molar-refractivity contribution in [1.82, 2.24) is 0 Å². The molecule has 1 heterocycles. The summed E-state index contributed by atoms with van der Waals surface area (Å²) in [6.07, 6.45) is 0. The van der Waals surface area contributed by atoms with Crippen molar-refractivity contribution in [2.24, 2.45) is 5.73 Å². The highest BCUT2D eigenvalue weighted by atomic mass is 32.1. The molecule has 0 aromatic heterocycles. The summed E-state index contributed by atoms with van der Waals surface area (Å²) in [6, 6.07) is 7.63. The van der Waals surface area contributed by atoms with E-state index in [0.717, 1.165) is 11.4 Å². The smallest absolute Gasteiger partial charge is 0.310 e. The molecule has 74 valence electrons. The third kappa shape index (κ3) is 1.71. The van der Waals surface area contributed by atoms with E-state index >= 15 is 0 Å². The predicted molar refractivity (Wildman–Crippen MR) is 63.3 cm³/mol. The number of rotatable bonds is 1. The lowest BCUT2D eigenvalue weighted by molar-refractivity contribution is 0.221. The summed E-state index contributed by atoms with van der Waals surface area (Å²) in [6.45, 7) is 0. The van der Waals surface area contributed by atoms with Gasteiger partial charge in [0.05, 0.1) is 11.4 Å². The molecule has 6 heteroatoms. The molecule has 0 radical (unpaired) electrons. The molecule has 0 atom stereocenters. The molecule has 0 spiro atoms. The van der Waals surface area contributed by atoms with Gasteiger partial charge in [0.1, 0.15) is 0 Å². The van der Waals surface area contributed by atoms with Crippen LogP contribution in [0.25, 0.3) is 0 Å². The fraction of sp³-hybridized carbons (Fsp3) is 0.125. The van der Waals surface area contributed by atoms with E-state index in [9.17, 15) is 0 Å². The first-order valence-electron chi connectivity index (χ1n) is 3.95. The van der Waals surface area contributed by atoms with E-state index < -0.39 is 5.18 Å². The number of nitrogens with two attached hydrogens (primary N) is 1. The summed E-state index contributed by atoms with van der Waals surface area (Å²) in [4.78, 5) is 0.